The van der Waals surface area contributed by atoms with Gasteiger partial charge in [-0.15, -0.1) is 0 Å². The molecule has 0 aliphatic heterocycles. The van der Waals surface area contributed by atoms with Crippen molar-refractivity contribution in [2.45, 2.75) is 19.4 Å². The number of anilines is 1. The fourth-order valence-electron chi connectivity index (χ4n) is 2.47. The van der Waals surface area contributed by atoms with Crippen LogP contribution in [0.5, 0.6) is 0 Å². The zero-order chi connectivity index (χ0) is 18.4. The van der Waals surface area contributed by atoms with Crippen LogP contribution >= 0.6 is 11.6 Å². The first kappa shape index (κ1) is 18.7. The highest BCUT2D eigenvalue weighted by Crippen LogP contribution is 2.24. The molecule has 0 bridgehead atoms. The van der Waals surface area contributed by atoms with Crippen LogP contribution in [0.1, 0.15) is 24.9 Å². The highest BCUT2D eigenvalue weighted by Gasteiger charge is 2.18. The fraction of sp³-hybridized carbons (Fsp3) is 0.278. The second kappa shape index (κ2) is 8.48. The zero-order valence-corrected chi connectivity index (χ0v) is 14.9. The van der Waals surface area contributed by atoms with Crippen LogP contribution in [-0.4, -0.2) is 29.3 Å². The molecule has 0 aliphatic carbocycles. The van der Waals surface area contributed by atoms with Crippen LogP contribution in [0, 0.1) is 10.1 Å². The van der Waals surface area contributed by atoms with Crippen molar-refractivity contribution >= 4 is 28.9 Å². The lowest BCUT2D eigenvalue weighted by molar-refractivity contribution is -0.384. The van der Waals surface area contributed by atoms with Crippen molar-refractivity contribution in [2.24, 2.45) is 0 Å². The Labute approximate surface area is 151 Å². The first-order valence-corrected chi connectivity index (χ1v) is 8.26. The van der Waals surface area contributed by atoms with E-state index in [2.05, 4.69) is 5.32 Å². The summed E-state index contributed by atoms with van der Waals surface area (Å²) >= 11 is 6.00. The van der Waals surface area contributed by atoms with E-state index in [4.69, 9.17) is 11.6 Å². The van der Waals surface area contributed by atoms with Crippen molar-refractivity contribution in [1.82, 2.24) is 4.90 Å². The number of nitro groups is 1. The molecular weight excluding hydrogens is 342 g/mol. The quantitative estimate of drug-likeness (QED) is 0.590. The molecule has 0 spiro atoms. The van der Waals surface area contributed by atoms with Gasteiger partial charge in [-0.3, -0.25) is 14.9 Å². The minimum absolute atomic E-state index is 0.00407. The smallest absolute Gasteiger partial charge is 0.292 e. The van der Waals surface area contributed by atoms with E-state index in [9.17, 15) is 14.9 Å². The number of nitro benzene ring substituents is 1. The molecule has 132 valence electrons. The van der Waals surface area contributed by atoms with Crippen LogP contribution in [0.4, 0.5) is 11.4 Å². The lowest BCUT2D eigenvalue weighted by Gasteiger charge is -2.25. The third-order valence-electron chi connectivity index (χ3n) is 4.06. The summed E-state index contributed by atoms with van der Waals surface area (Å²) in [4.78, 5) is 24.5. The summed E-state index contributed by atoms with van der Waals surface area (Å²) < 4.78 is 0. The van der Waals surface area contributed by atoms with Crippen LogP contribution in [0.3, 0.4) is 0 Å². The van der Waals surface area contributed by atoms with Crippen LogP contribution in [0.2, 0.25) is 5.02 Å². The predicted octanol–water partition coefficient (Wildman–Crippen LogP) is 4.27. The van der Waals surface area contributed by atoms with E-state index >= 15 is 0 Å². The maximum Gasteiger partial charge on any atom is 0.292 e. The molecular formula is C18H20ClN3O3. The van der Waals surface area contributed by atoms with Gasteiger partial charge in [0.05, 0.1) is 11.0 Å². The minimum atomic E-state index is -0.447. The number of nitrogens with zero attached hydrogens (tertiary/aromatic N) is 2. The Morgan fingerprint density at radius 2 is 2.00 bits per heavy atom. The first-order chi connectivity index (χ1) is 11.9. The molecule has 25 heavy (non-hydrogen) atoms. The SMILES string of the molecule is CC(c1cccc(Cl)c1)N(C)C(=O)CCNc1ccccc1[N+](=O)[O-]. The average molecular weight is 362 g/mol. The summed E-state index contributed by atoms with van der Waals surface area (Å²) in [7, 11) is 1.73. The van der Waals surface area contributed by atoms with Gasteiger partial charge in [0, 0.05) is 31.1 Å². The van der Waals surface area contributed by atoms with Crippen molar-refractivity contribution in [3.63, 3.8) is 0 Å². The summed E-state index contributed by atoms with van der Waals surface area (Å²) in [6, 6.07) is 13.7. The van der Waals surface area contributed by atoms with E-state index in [1.807, 2.05) is 25.1 Å². The number of hydrogen-bond acceptors (Lipinski definition) is 4. The van der Waals surface area contributed by atoms with Crippen molar-refractivity contribution in [1.29, 1.82) is 0 Å². The van der Waals surface area contributed by atoms with Gasteiger partial charge in [-0.25, -0.2) is 0 Å². The molecule has 6 nitrogen and oxygen atoms in total. The van der Waals surface area contributed by atoms with E-state index in [0.29, 0.717) is 17.3 Å². The molecule has 0 saturated carbocycles. The Kier molecular flexibility index (Phi) is 6.36. The Hall–Kier alpha value is -2.60. The molecule has 1 amide bonds. The zero-order valence-electron chi connectivity index (χ0n) is 14.1. The standard InChI is InChI=1S/C18H20ClN3O3/c1-13(14-6-5-7-15(19)12-14)21(2)18(23)10-11-20-16-8-3-4-9-17(16)22(24)25/h3-9,12-13,20H,10-11H2,1-2H3. The lowest BCUT2D eigenvalue weighted by atomic mass is 10.1. The number of para-hydroxylation sites is 2. The minimum Gasteiger partial charge on any atom is -0.379 e. The number of amides is 1. The van der Waals surface area contributed by atoms with Gasteiger partial charge in [0.1, 0.15) is 5.69 Å². The maximum atomic E-state index is 12.4. The van der Waals surface area contributed by atoms with E-state index in [0.717, 1.165) is 5.56 Å². The van der Waals surface area contributed by atoms with E-state index in [-0.39, 0.29) is 24.1 Å². The Morgan fingerprint density at radius 1 is 1.28 bits per heavy atom. The van der Waals surface area contributed by atoms with Crippen molar-refractivity contribution in [3.05, 3.63) is 69.2 Å². The number of halogens is 1. The molecule has 1 N–H and O–H groups in total. The third-order valence-corrected chi connectivity index (χ3v) is 4.30. The van der Waals surface area contributed by atoms with Gasteiger partial charge in [-0.1, -0.05) is 35.9 Å². The summed E-state index contributed by atoms with van der Waals surface area (Å²) in [5.74, 6) is -0.0569. The molecule has 2 rings (SSSR count). The molecule has 7 heteroatoms. The van der Waals surface area contributed by atoms with Crippen molar-refractivity contribution in [2.75, 3.05) is 18.9 Å². The fourth-order valence-corrected chi connectivity index (χ4v) is 2.67. The van der Waals surface area contributed by atoms with Crippen LogP contribution in [0.15, 0.2) is 48.5 Å². The third kappa shape index (κ3) is 4.93. The normalized spacial score (nSPS) is 11.6. The number of hydrogen-bond donors (Lipinski definition) is 1. The molecule has 0 aromatic heterocycles. The molecule has 0 radical (unpaired) electrons. The number of nitrogens with one attached hydrogen (secondary N) is 1. The monoisotopic (exact) mass is 361 g/mol. The number of carbonyl (C=O) groups excluding carboxylic acids is 1. The van der Waals surface area contributed by atoms with Gasteiger partial charge in [0.2, 0.25) is 5.91 Å². The highest BCUT2D eigenvalue weighted by molar-refractivity contribution is 6.30. The van der Waals surface area contributed by atoms with Gasteiger partial charge in [-0.05, 0) is 30.7 Å². The van der Waals surface area contributed by atoms with Gasteiger partial charge < -0.3 is 10.2 Å². The summed E-state index contributed by atoms with van der Waals surface area (Å²) in [6.45, 7) is 2.25. The summed E-state index contributed by atoms with van der Waals surface area (Å²) in [5.41, 5.74) is 1.36. The second-order valence-electron chi connectivity index (χ2n) is 5.69. The first-order valence-electron chi connectivity index (χ1n) is 7.88. The highest BCUT2D eigenvalue weighted by atomic mass is 35.5. The molecule has 1 unspecified atom stereocenters. The molecule has 0 fully saturated rings. The Balaban J connectivity index is 1.93. The maximum absolute atomic E-state index is 12.4. The van der Waals surface area contributed by atoms with Crippen molar-refractivity contribution in [3.8, 4) is 0 Å². The topological polar surface area (TPSA) is 75.5 Å². The van der Waals surface area contributed by atoms with Gasteiger partial charge in [0.15, 0.2) is 0 Å². The van der Waals surface area contributed by atoms with E-state index in [1.54, 1.807) is 36.2 Å². The second-order valence-corrected chi connectivity index (χ2v) is 6.12. The lowest BCUT2D eigenvalue weighted by Crippen LogP contribution is -2.30. The van der Waals surface area contributed by atoms with Gasteiger partial charge in [-0.2, -0.15) is 0 Å². The molecule has 1 atom stereocenters. The Bertz CT molecular complexity index is 767. The van der Waals surface area contributed by atoms with Gasteiger partial charge >= 0.3 is 0 Å². The molecule has 0 saturated heterocycles. The number of rotatable bonds is 7. The van der Waals surface area contributed by atoms with E-state index in [1.165, 1.54) is 6.07 Å². The largest absolute Gasteiger partial charge is 0.379 e. The Morgan fingerprint density at radius 3 is 2.68 bits per heavy atom. The van der Waals surface area contributed by atoms with Gasteiger partial charge in [0.25, 0.3) is 5.69 Å². The predicted molar refractivity (Wildman–Crippen MR) is 98.8 cm³/mol. The van der Waals surface area contributed by atoms with Crippen molar-refractivity contribution < 1.29 is 9.72 Å². The molecule has 0 aliphatic rings. The van der Waals surface area contributed by atoms with Crippen LogP contribution < -0.4 is 5.32 Å². The number of benzene rings is 2. The molecule has 2 aromatic rings. The van der Waals surface area contributed by atoms with Crippen LogP contribution in [-0.2, 0) is 4.79 Å². The summed E-state index contributed by atoms with van der Waals surface area (Å²) in [6.07, 6.45) is 0.230. The summed E-state index contributed by atoms with van der Waals surface area (Å²) in [5, 5.41) is 14.6. The average Bonchev–Trinajstić information content (AvgIpc) is 2.60. The van der Waals surface area contributed by atoms with E-state index < -0.39 is 4.92 Å². The molecule has 2 aromatic carbocycles. The number of carbonyl (C=O) groups is 1. The molecule has 0 heterocycles. The van der Waals surface area contributed by atoms with Crippen LogP contribution in [0.25, 0.3) is 0 Å².